The van der Waals surface area contributed by atoms with Gasteiger partial charge in [-0.3, -0.25) is 0 Å². The first-order valence-electron chi connectivity index (χ1n) is 7.68. The van der Waals surface area contributed by atoms with Gasteiger partial charge in [-0.2, -0.15) is 0 Å². The highest BCUT2D eigenvalue weighted by Crippen LogP contribution is 2.28. The van der Waals surface area contributed by atoms with Crippen molar-refractivity contribution in [2.24, 2.45) is 5.92 Å². The number of benzene rings is 1. The standard InChI is InChI=1S/C17H24F2/c1-2-6-14-11-12-15(17(19)16(14)18)10-9-13-7-4-3-5-8-13/h11-13H,2-10H2,1H3. The Balaban J connectivity index is 1.98. The summed E-state index contributed by atoms with van der Waals surface area (Å²) in [6, 6.07) is 3.55. The summed E-state index contributed by atoms with van der Waals surface area (Å²) in [6.45, 7) is 1.98. The van der Waals surface area contributed by atoms with Crippen molar-refractivity contribution in [3.8, 4) is 0 Å². The predicted molar refractivity (Wildman–Crippen MR) is 75.2 cm³/mol. The first-order chi connectivity index (χ1) is 9.22. The van der Waals surface area contributed by atoms with Crippen LogP contribution >= 0.6 is 0 Å². The summed E-state index contributed by atoms with van der Waals surface area (Å²) in [6.07, 6.45) is 9.61. The molecule has 2 rings (SSSR count). The molecule has 0 bridgehead atoms. The van der Waals surface area contributed by atoms with Crippen LogP contribution < -0.4 is 0 Å². The second kappa shape index (κ2) is 7.02. The molecule has 1 aliphatic carbocycles. The van der Waals surface area contributed by atoms with Crippen LogP contribution in [0.5, 0.6) is 0 Å². The molecule has 0 N–H and O–H groups in total. The average Bonchev–Trinajstić information content (AvgIpc) is 2.44. The summed E-state index contributed by atoms with van der Waals surface area (Å²) >= 11 is 0. The molecule has 0 nitrogen and oxygen atoms in total. The van der Waals surface area contributed by atoms with Gasteiger partial charge in [-0.25, -0.2) is 8.78 Å². The van der Waals surface area contributed by atoms with E-state index in [0.717, 1.165) is 12.8 Å². The van der Waals surface area contributed by atoms with E-state index in [1.54, 1.807) is 12.1 Å². The topological polar surface area (TPSA) is 0 Å². The van der Waals surface area contributed by atoms with Crippen molar-refractivity contribution in [2.45, 2.75) is 64.7 Å². The van der Waals surface area contributed by atoms with E-state index in [2.05, 4.69) is 0 Å². The molecule has 1 aliphatic rings. The molecule has 0 heterocycles. The third-order valence-corrected chi connectivity index (χ3v) is 4.31. The fourth-order valence-electron chi connectivity index (χ4n) is 3.12. The van der Waals surface area contributed by atoms with Crippen molar-refractivity contribution in [3.63, 3.8) is 0 Å². The van der Waals surface area contributed by atoms with Gasteiger partial charge >= 0.3 is 0 Å². The fraction of sp³-hybridized carbons (Fsp3) is 0.647. The monoisotopic (exact) mass is 266 g/mol. The maximum Gasteiger partial charge on any atom is 0.162 e. The molecular weight excluding hydrogens is 242 g/mol. The van der Waals surface area contributed by atoms with Gasteiger partial charge in [0.15, 0.2) is 11.6 Å². The van der Waals surface area contributed by atoms with Crippen molar-refractivity contribution in [1.82, 2.24) is 0 Å². The Kier molecular flexibility index (Phi) is 5.35. The Morgan fingerprint density at radius 1 is 0.947 bits per heavy atom. The largest absolute Gasteiger partial charge is 0.203 e. The van der Waals surface area contributed by atoms with Crippen LogP contribution in [0.4, 0.5) is 8.78 Å². The van der Waals surface area contributed by atoms with Crippen molar-refractivity contribution >= 4 is 0 Å². The maximum absolute atomic E-state index is 14.0. The predicted octanol–water partition coefficient (Wildman–Crippen LogP) is 5.43. The molecule has 0 radical (unpaired) electrons. The van der Waals surface area contributed by atoms with Crippen LogP contribution in [0.25, 0.3) is 0 Å². The molecule has 1 aromatic carbocycles. The van der Waals surface area contributed by atoms with Crippen LogP contribution in [-0.2, 0) is 12.8 Å². The molecule has 0 aromatic heterocycles. The van der Waals surface area contributed by atoms with E-state index in [9.17, 15) is 8.78 Å². The highest BCUT2D eigenvalue weighted by Gasteiger charge is 2.16. The first-order valence-corrected chi connectivity index (χ1v) is 7.68. The maximum atomic E-state index is 14.0. The van der Waals surface area contributed by atoms with E-state index in [1.807, 2.05) is 6.92 Å². The van der Waals surface area contributed by atoms with Crippen LogP contribution in [0, 0.1) is 17.6 Å². The Labute approximate surface area is 115 Å². The van der Waals surface area contributed by atoms with Crippen LogP contribution in [-0.4, -0.2) is 0 Å². The van der Waals surface area contributed by atoms with E-state index in [1.165, 1.54) is 32.1 Å². The summed E-state index contributed by atoms with van der Waals surface area (Å²) < 4.78 is 27.8. The quantitative estimate of drug-likeness (QED) is 0.666. The summed E-state index contributed by atoms with van der Waals surface area (Å²) in [5.74, 6) is -0.517. The SMILES string of the molecule is CCCc1ccc(CCC2CCCCC2)c(F)c1F. The molecule has 0 atom stereocenters. The summed E-state index contributed by atoms with van der Waals surface area (Å²) in [5, 5.41) is 0. The number of aryl methyl sites for hydroxylation is 2. The molecule has 2 heteroatoms. The van der Waals surface area contributed by atoms with Gasteiger partial charge in [0, 0.05) is 0 Å². The molecule has 1 saturated carbocycles. The van der Waals surface area contributed by atoms with Gasteiger partial charge in [-0.05, 0) is 36.3 Å². The van der Waals surface area contributed by atoms with E-state index in [4.69, 9.17) is 0 Å². The van der Waals surface area contributed by atoms with Crippen LogP contribution in [0.2, 0.25) is 0 Å². The van der Waals surface area contributed by atoms with E-state index in [0.29, 0.717) is 29.9 Å². The molecule has 0 amide bonds. The fourth-order valence-corrected chi connectivity index (χ4v) is 3.12. The molecule has 1 aromatic rings. The Morgan fingerprint density at radius 3 is 2.11 bits per heavy atom. The van der Waals surface area contributed by atoms with Crippen molar-refractivity contribution in [2.75, 3.05) is 0 Å². The third-order valence-electron chi connectivity index (χ3n) is 4.31. The van der Waals surface area contributed by atoms with Gasteiger partial charge in [0.2, 0.25) is 0 Å². The zero-order valence-electron chi connectivity index (χ0n) is 11.9. The first kappa shape index (κ1) is 14.5. The van der Waals surface area contributed by atoms with Crippen molar-refractivity contribution < 1.29 is 8.78 Å². The normalized spacial score (nSPS) is 16.8. The van der Waals surface area contributed by atoms with Gasteiger partial charge in [-0.15, -0.1) is 0 Å². The highest BCUT2D eigenvalue weighted by atomic mass is 19.2. The lowest BCUT2D eigenvalue weighted by Gasteiger charge is -2.21. The number of hydrogen-bond donors (Lipinski definition) is 0. The minimum atomic E-state index is -0.622. The second-order valence-electron chi connectivity index (χ2n) is 5.80. The minimum Gasteiger partial charge on any atom is -0.203 e. The van der Waals surface area contributed by atoms with Gasteiger partial charge in [0.05, 0.1) is 0 Å². The summed E-state index contributed by atoms with van der Waals surface area (Å²) in [5.41, 5.74) is 1.07. The molecule has 19 heavy (non-hydrogen) atoms. The lowest BCUT2D eigenvalue weighted by molar-refractivity contribution is 0.337. The van der Waals surface area contributed by atoms with Crippen LogP contribution in [0.15, 0.2) is 12.1 Å². The van der Waals surface area contributed by atoms with Gasteiger partial charge in [-0.1, -0.05) is 57.6 Å². The lowest BCUT2D eigenvalue weighted by atomic mass is 9.85. The Bertz CT molecular complexity index is 406. The molecule has 0 unspecified atom stereocenters. The minimum absolute atomic E-state index is 0.515. The highest BCUT2D eigenvalue weighted by molar-refractivity contribution is 5.26. The third kappa shape index (κ3) is 3.77. The smallest absolute Gasteiger partial charge is 0.162 e. The number of hydrogen-bond acceptors (Lipinski definition) is 0. The van der Waals surface area contributed by atoms with E-state index in [-0.39, 0.29) is 0 Å². The second-order valence-corrected chi connectivity index (χ2v) is 5.80. The van der Waals surface area contributed by atoms with Crippen molar-refractivity contribution in [1.29, 1.82) is 0 Å². The zero-order chi connectivity index (χ0) is 13.7. The Morgan fingerprint density at radius 2 is 1.53 bits per heavy atom. The average molecular weight is 266 g/mol. The molecular formula is C17H24F2. The van der Waals surface area contributed by atoms with Crippen LogP contribution in [0.3, 0.4) is 0 Å². The summed E-state index contributed by atoms with van der Waals surface area (Å²) in [7, 11) is 0. The van der Waals surface area contributed by atoms with Crippen LogP contribution in [0.1, 0.15) is 63.0 Å². The zero-order valence-corrected chi connectivity index (χ0v) is 11.9. The number of halogens is 2. The molecule has 1 fully saturated rings. The van der Waals surface area contributed by atoms with Gasteiger partial charge in [0.1, 0.15) is 0 Å². The van der Waals surface area contributed by atoms with Gasteiger partial charge in [0.25, 0.3) is 0 Å². The molecule has 0 saturated heterocycles. The van der Waals surface area contributed by atoms with Gasteiger partial charge < -0.3 is 0 Å². The molecule has 0 aliphatic heterocycles. The number of rotatable bonds is 5. The Hall–Kier alpha value is -0.920. The van der Waals surface area contributed by atoms with Crippen molar-refractivity contribution in [3.05, 3.63) is 34.9 Å². The molecule has 106 valence electrons. The lowest BCUT2D eigenvalue weighted by Crippen LogP contribution is -2.08. The van der Waals surface area contributed by atoms with E-state index < -0.39 is 11.6 Å². The summed E-state index contributed by atoms with van der Waals surface area (Å²) in [4.78, 5) is 0. The molecule has 0 spiro atoms. The van der Waals surface area contributed by atoms with E-state index >= 15 is 0 Å².